The van der Waals surface area contributed by atoms with Gasteiger partial charge >= 0.3 is 0 Å². The standard InChI is InChI=1S/C15H29N3O2/c1-5-16-12(4)10-14(19)18-8-6-13(7-9-18)17-15(20)11(2)3/h11-13,16H,5-10H2,1-4H3,(H,17,20). The molecule has 0 aromatic heterocycles. The average Bonchev–Trinajstić information content (AvgIpc) is 2.39. The Morgan fingerprint density at radius 1 is 1.20 bits per heavy atom. The zero-order chi connectivity index (χ0) is 15.1. The van der Waals surface area contributed by atoms with Gasteiger partial charge < -0.3 is 15.5 Å². The van der Waals surface area contributed by atoms with E-state index in [9.17, 15) is 9.59 Å². The Kier molecular flexibility index (Phi) is 6.99. The Labute approximate surface area is 122 Å². The highest BCUT2D eigenvalue weighted by Crippen LogP contribution is 2.13. The van der Waals surface area contributed by atoms with Crippen molar-refractivity contribution in [2.24, 2.45) is 5.92 Å². The van der Waals surface area contributed by atoms with Crippen LogP contribution < -0.4 is 10.6 Å². The van der Waals surface area contributed by atoms with Crippen LogP contribution in [-0.4, -0.2) is 48.4 Å². The number of rotatable bonds is 6. The molecule has 1 atom stereocenters. The van der Waals surface area contributed by atoms with Crippen LogP contribution in [0.15, 0.2) is 0 Å². The lowest BCUT2D eigenvalue weighted by atomic mass is 10.0. The molecular formula is C15H29N3O2. The van der Waals surface area contributed by atoms with Crippen molar-refractivity contribution >= 4 is 11.8 Å². The highest BCUT2D eigenvalue weighted by molar-refractivity contribution is 5.78. The molecule has 0 saturated carbocycles. The van der Waals surface area contributed by atoms with Gasteiger partial charge in [0.15, 0.2) is 0 Å². The monoisotopic (exact) mass is 283 g/mol. The largest absolute Gasteiger partial charge is 0.353 e. The molecular weight excluding hydrogens is 254 g/mol. The van der Waals surface area contributed by atoms with Gasteiger partial charge in [-0.3, -0.25) is 9.59 Å². The third kappa shape index (κ3) is 5.49. The summed E-state index contributed by atoms with van der Waals surface area (Å²) in [5.74, 6) is 0.346. The van der Waals surface area contributed by atoms with Crippen LogP contribution in [0.5, 0.6) is 0 Å². The molecule has 1 aliphatic rings. The van der Waals surface area contributed by atoms with Gasteiger partial charge in [-0.1, -0.05) is 20.8 Å². The predicted molar refractivity (Wildman–Crippen MR) is 80.3 cm³/mol. The Morgan fingerprint density at radius 2 is 1.80 bits per heavy atom. The Balaban J connectivity index is 2.31. The zero-order valence-corrected chi connectivity index (χ0v) is 13.2. The molecule has 0 bridgehead atoms. The first kappa shape index (κ1) is 17.0. The van der Waals surface area contributed by atoms with Crippen molar-refractivity contribution in [1.82, 2.24) is 15.5 Å². The van der Waals surface area contributed by atoms with E-state index < -0.39 is 0 Å². The number of piperidine rings is 1. The quantitative estimate of drug-likeness (QED) is 0.768. The van der Waals surface area contributed by atoms with Crippen molar-refractivity contribution < 1.29 is 9.59 Å². The van der Waals surface area contributed by atoms with E-state index in [2.05, 4.69) is 10.6 Å². The molecule has 1 aliphatic heterocycles. The smallest absolute Gasteiger partial charge is 0.224 e. The van der Waals surface area contributed by atoms with Gasteiger partial charge in [0, 0.05) is 37.5 Å². The summed E-state index contributed by atoms with van der Waals surface area (Å²) in [6.07, 6.45) is 2.27. The molecule has 116 valence electrons. The summed E-state index contributed by atoms with van der Waals surface area (Å²) in [5, 5.41) is 6.31. The van der Waals surface area contributed by atoms with Crippen molar-refractivity contribution in [3.8, 4) is 0 Å². The van der Waals surface area contributed by atoms with Crippen LogP contribution in [0.25, 0.3) is 0 Å². The molecule has 1 rings (SSSR count). The van der Waals surface area contributed by atoms with Gasteiger partial charge in [0.1, 0.15) is 0 Å². The van der Waals surface area contributed by atoms with Crippen molar-refractivity contribution in [2.75, 3.05) is 19.6 Å². The van der Waals surface area contributed by atoms with E-state index in [1.165, 1.54) is 0 Å². The molecule has 20 heavy (non-hydrogen) atoms. The summed E-state index contributed by atoms with van der Waals surface area (Å²) in [7, 11) is 0. The van der Waals surface area contributed by atoms with E-state index in [-0.39, 0.29) is 29.8 Å². The minimum atomic E-state index is 0.0237. The normalized spacial score (nSPS) is 18.1. The lowest BCUT2D eigenvalue weighted by Crippen LogP contribution is -2.48. The highest BCUT2D eigenvalue weighted by atomic mass is 16.2. The molecule has 1 unspecified atom stereocenters. The number of carbonyl (C=O) groups is 2. The number of nitrogens with one attached hydrogen (secondary N) is 2. The van der Waals surface area contributed by atoms with Gasteiger partial charge in [-0.05, 0) is 26.3 Å². The van der Waals surface area contributed by atoms with Gasteiger partial charge in [-0.25, -0.2) is 0 Å². The van der Waals surface area contributed by atoms with Crippen LogP contribution in [0.3, 0.4) is 0 Å². The second-order valence-corrected chi connectivity index (χ2v) is 5.98. The first-order valence-electron chi connectivity index (χ1n) is 7.75. The number of hydrogen-bond acceptors (Lipinski definition) is 3. The van der Waals surface area contributed by atoms with Crippen LogP contribution in [0.4, 0.5) is 0 Å². The second kappa shape index (κ2) is 8.25. The second-order valence-electron chi connectivity index (χ2n) is 5.98. The molecule has 1 heterocycles. The maximum atomic E-state index is 12.1. The molecule has 2 amide bonds. The fourth-order valence-electron chi connectivity index (χ4n) is 2.45. The van der Waals surface area contributed by atoms with Crippen molar-refractivity contribution in [3.63, 3.8) is 0 Å². The summed E-state index contributed by atoms with van der Waals surface area (Å²) in [4.78, 5) is 25.7. The van der Waals surface area contributed by atoms with Crippen molar-refractivity contribution in [3.05, 3.63) is 0 Å². The summed E-state index contributed by atoms with van der Waals surface area (Å²) in [6.45, 7) is 10.3. The van der Waals surface area contributed by atoms with Crippen LogP contribution in [0.1, 0.15) is 47.0 Å². The lowest BCUT2D eigenvalue weighted by molar-refractivity contribution is -0.133. The van der Waals surface area contributed by atoms with Crippen LogP contribution in [0, 0.1) is 5.92 Å². The highest BCUT2D eigenvalue weighted by Gasteiger charge is 2.24. The van der Waals surface area contributed by atoms with Gasteiger partial charge in [0.25, 0.3) is 0 Å². The molecule has 0 radical (unpaired) electrons. The van der Waals surface area contributed by atoms with Crippen molar-refractivity contribution in [2.45, 2.75) is 59.0 Å². The van der Waals surface area contributed by atoms with Gasteiger partial charge in [0.2, 0.25) is 11.8 Å². The molecule has 0 aromatic rings. The predicted octanol–water partition coefficient (Wildman–Crippen LogP) is 1.14. The molecule has 5 heteroatoms. The molecule has 1 fully saturated rings. The van der Waals surface area contributed by atoms with Gasteiger partial charge in [-0.15, -0.1) is 0 Å². The van der Waals surface area contributed by atoms with E-state index in [1.807, 2.05) is 32.6 Å². The van der Waals surface area contributed by atoms with E-state index in [1.54, 1.807) is 0 Å². The number of nitrogens with zero attached hydrogens (tertiary/aromatic N) is 1. The maximum absolute atomic E-state index is 12.1. The number of hydrogen-bond donors (Lipinski definition) is 2. The molecule has 0 aliphatic carbocycles. The summed E-state index contributed by atoms with van der Waals surface area (Å²) in [6, 6.07) is 0.450. The molecule has 5 nitrogen and oxygen atoms in total. The first-order chi connectivity index (χ1) is 9.43. The van der Waals surface area contributed by atoms with E-state index in [0.29, 0.717) is 6.42 Å². The zero-order valence-electron chi connectivity index (χ0n) is 13.2. The SMILES string of the molecule is CCNC(C)CC(=O)N1CCC(NC(=O)C(C)C)CC1. The fourth-order valence-corrected chi connectivity index (χ4v) is 2.45. The third-order valence-electron chi connectivity index (χ3n) is 3.75. The Bertz CT molecular complexity index is 323. The van der Waals surface area contributed by atoms with E-state index >= 15 is 0 Å². The topological polar surface area (TPSA) is 61.4 Å². The molecule has 0 spiro atoms. The molecule has 1 saturated heterocycles. The first-order valence-corrected chi connectivity index (χ1v) is 7.75. The number of amides is 2. The number of likely N-dealkylation sites (tertiary alicyclic amines) is 1. The summed E-state index contributed by atoms with van der Waals surface area (Å²) >= 11 is 0. The third-order valence-corrected chi connectivity index (χ3v) is 3.75. The molecule has 2 N–H and O–H groups in total. The van der Waals surface area contributed by atoms with Crippen LogP contribution >= 0.6 is 0 Å². The molecule has 0 aromatic carbocycles. The minimum absolute atomic E-state index is 0.0237. The average molecular weight is 283 g/mol. The Morgan fingerprint density at radius 3 is 2.30 bits per heavy atom. The van der Waals surface area contributed by atoms with Crippen molar-refractivity contribution in [1.29, 1.82) is 0 Å². The van der Waals surface area contributed by atoms with Crippen LogP contribution in [0.2, 0.25) is 0 Å². The van der Waals surface area contributed by atoms with Gasteiger partial charge in [-0.2, -0.15) is 0 Å². The van der Waals surface area contributed by atoms with Crippen LogP contribution in [-0.2, 0) is 9.59 Å². The fraction of sp³-hybridized carbons (Fsp3) is 0.867. The minimum Gasteiger partial charge on any atom is -0.353 e. The summed E-state index contributed by atoms with van der Waals surface area (Å²) < 4.78 is 0. The summed E-state index contributed by atoms with van der Waals surface area (Å²) in [5.41, 5.74) is 0. The van der Waals surface area contributed by atoms with E-state index in [0.717, 1.165) is 32.5 Å². The Hall–Kier alpha value is -1.10. The van der Waals surface area contributed by atoms with Gasteiger partial charge in [0.05, 0.1) is 0 Å². The number of carbonyl (C=O) groups excluding carboxylic acids is 2. The lowest BCUT2D eigenvalue weighted by Gasteiger charge is -2.33. The van der Waals surface area contributed by atoms with E-state index in [4.69, 9.17) is 0 Å². The maximum Gasteiger partial charge on any atom is 0.224 e.